The molecule has 1 aliphatic carbocycles. The minimum atomic E-state index is 0.210. The number of rotatable bonds is 3. The summed E-state index contributed by atoms with van der Waals surface area (Å²) >= 11 is 2.14. The average molecular weight is 695 g/mol. The monoisotopic (exact) mass is 694 g/mol. The van der Waals surface area contributed by atoms with Gasteiger partial charge in [-0.2, -0.15) is 0 Å². The van der Waals surface area contributed by atoms with E-state index in [1.807, 2.05) is 0 Å². The summed E-state index contributed by atoms with van der Waals surface area (Å²) in [6.45, 7) is 5.07. The second kappa shape index (κ2) is 10.6. The summed E-state index contributed by atoms with van der Waals surface area (Å²) in [6, 6.07) is 55.5. The van der Waals surface area contributed by atoms with Crippen molar-refractivity contribution in [3.63, 3.8) is 0 Å². The fourth-order valence-electron chi connectivity index (χ4n) is 11.0. The molecule has 1 aliphatic heterocycles. The molecule has 2 unspecified atom stereocenters. The molecule has 0 bridgehead atoms. The number of hydrogen-bond donors (Lipinski definition) is 0. The lowest BCUT2D eigenvalue weighted by Gasteiger charge is -2.45. The number of fused-ring (bicyclic) bond motifs is 9. The summed E-state index contributed by atoms with van der Waals surface area (Å²) in [5.41, 5.74) is 9.70. The van der Waals surface area contributed by atoms with Gasteiger partial charge in [-0.05, 0) is 135 Å². The van der Waals surface area contributed by atoms with E-state index in [1.54, 1.807) is 5.56 Å². The molecule has 252 valence electrons. The lowest BCUT2D eigenvalue weighted by atomic mass is 9.64. The molecule has 1 saturated carbocycles. The van der Waals surface area contributed by atoms with Crippen LogP contribution in [0.3, 0.4) is 0 Å². The molecule has 0 radical (unpaired) electrons. The summed E-state index contributed by atoms with van der Waals surface area (Å²) in [5, 5.41) is 16.2. The Kier molecular flexibility index (Phi) is 6.03. The fourth-order valence-corrected chi connectivity index (χ4v) is 12.7. The topological polar surface area (TPSA) is 0 Å². The Hall–Kier alpha value is -5.37. The van der Waals surface area contributed by atoms with Crippen LogP contribution in [-0.2, 0) is 5.41 Å². The first-order chi connectivity index (χ1) is 26.0. The first-order valence-electron chi connectivity index (χ1n) is 19.3. The largest absolute Gasteiger partial charge is 0.118 e. The van der Waals surface area contributed by atoms with Crippen molar-refractivity contribution in [1.29, 1.82) is 0 Å². The van der Waals surface area contributed by atoms with E-state index in [2.05, 4.69) is 171 Å². The van der Waals surface area contributed by atoms with E-state index in [1.165, 1.54) is 129 Å². The normalized spacial score (nSPS) is 20.0. The van der Waals surface area contributed by atoms with Crippen LogP contribution in [0.4, 0.5) is 0 Å². The molecule has 2 aliphatic rings. The molecule has 0 amide bonds. The third-order valence-electron chi connectivity index (χ3n) is 13.6. The SMILES string of the molecule is CC12CCCCC1(C)c1cc(-c3ccc4c5c(-c6ccccc6)c6c7cccc8cccc(c6c(-c6ccccc6)c5c5cccc3c54)c87)ccc1S2. The number of benzene rings is 8. The van der Waals surface area contributed by atoms with Crippen LogP contribution in [0.15, 0.2) is 150 Å². The van der Waals surface area contributed by atoms with Crippen LogP contribution >= 0.6 is 11.8 Å². The second-order valence-corrected chi connectivity index (χ2v) is 17.7. The van der Waals surface area contributed by atoms with Gasteiger partial charge in [0.1, 0.15) is 0 Å². The molecule has 12 rings (SSSR count). The molecule has 0 aromatic heterocycles. The molecular weight excluding hydrogens is 657 g/mol. The molecule has 0 N–H and O–H groups in total. The van der Waals surface area contributed by atoms with Gasteiger partial charge in [0, 0.05) is 15.1 Å². The average Bonchev–Trinajstić information content (AvgIpc) is 3.80. The Balaban J connectivity index is 1.26. The highest BCUT2D eigenvalue weighted by Crippen LogP contribution is 2.63. The van der Waals surface area contributed by atoms with Crippen LogP contribution in [0.2, 0.25) is 0 Å². The Morgan fingerprint density at radius 2 is 0.981 bits per heavy atom. The van der Waals surface area contributed by atoms with Gasteiger partial charge in [-0.25, -0.2) is 0 Å². The van der Waals surface area contributed by atoms with E-state index in [-0.39, 0.29) is 10.2 Å². The maximum atomic E-state index is 2.57. The molecule has 0 spiro atoms. The third kappa shape index (κ3) is 3.83. The predicted octanol–water partition coefficient (Wildman–Crippen LogP) is 15.2. The van der Waals surface area contributed by atoms with Gasteiger partial charge in [-0.1, -0.05) is 153 Å². The van der Waals surface area contributed by atoms with Crippen LogP contribution in [0, 0.1) is 0 Å². The standard InChI is InChI=1S/C52H38S/c1-51-28-9-10-29-52(51,2)53-42-27-24-34(30-41(42)51)35-25-26-40-46-36(35)20-13-23-39(46)49-44(32-14-5-3-6-15-32)47-37-21-11-18-31-19-12-22-38(43(31)37)48(47)45(50(40)49)33-16-7-4-8-17-33/h3-8,11-27,30H,9-10,28-29H2,1-2H3. The summed E-state index contributed by atoms with van der Waals surface area (Å²) in [4.78, 5) is 1.49. The maximum Gasteiger partial charge on any atom is 0.0273 e. The van der Waals surface area contributed by atoms with Crippen molar-refractivity contribution in [2.45, 2.75) is 54.6 Å². The van der Waals surface area contributed by atoms with Crippen LogP contribution in [0.25, 0.3) is 98.0 Å². The van der Waals surface area contributed by atoms with E-state index in [0.29, 0.717) is 0 Å². The Morgan fingerprint density at radius 1 is 0.434 bits per heavy atom. The molecule has 1 fully saturated rings. The van der Waals surface area contributed by atoms with E-state index < -0.39 is 0 Å². The summed E-state index contributed by atoms with van der Waals surface area (Å²) in [6.07, 6.45) is 5.24. The molecule has 10 aromatic rings. The van der Waals surface area contributed by atoms with Crippen molar-refractivity contribution in [3.05, 3.63) is 151 Å². The van der Waals surface area contributed by atoms with Crippen molar-refractivity contribution < 1.29 is 0 Å². The minimum absolute atomic E-state index is 0.210. The highest BCUT2D eigenvalue weighted by Gasteiger charge is 2.53. The first-order valence-corrected chi connectivity index (χ1v) is 20.1. The number of thioether (sulfide) groups is 1. The molecular formula is C52H38S. The third-order valence-corrected chi connectivity index (χ3v) is 15.3. The van der Waals surface area contributed by atoms with Crippen molar-refractivity contribution in [2.75, 3.05) is 0 Å². The lowest BCUT2D eigenvalue weighted by molar-refractivity contribution is 0.260. The van der Waals surface area contributed by atoms with Gasteiger partial charge < -0.3 is 0 Å². The van der Waals surface area contributed by atoms with Crippen LogP contribution in [0.5, 0.6) is 0 Å². The van der Waals surface area contributed by atoms with Crippen LogP contribution in [-0.4, -0.2) is 4.75 Å². The van der Waals surface area contributed by atoms with Gasteiger partial charge in [0.25, 0.3) is 0 Å². The van der Waals surface area contributed by atoms with E-state index >= 15 is 0 Å². The summed E-state index contributed by atoms with van der Waals surface area (Å²) in [7, 11) is 0. The highest BCUT2D eigenvalue weighted by molar-refractivity contribution is 8.01. The van der Waals surface area contributed by atoms with Crippen molar-refractivity contribution in [2.24, 2.45) is 0 Å². The molecule has 1 heteroatoms. The molecule has 10 aromatic carbocycles. The van der Waals surface area contributed by atoms with E-state index in [4.69, 9.17) is 0 Å². The second-order valence-electron chi connectivity index (χ2n) is 16.2. The van der Waals surface area contributed by atoms with Crippen LogP contribution in [0.1, 0.15) is 45.1 Å². The molecule has 0 nitrogen and oxygen atoms in total. The lowest BCUT2D eigenvalue weighted by Crippen LogP contribution is -2.43. The first kappa shape index (κ1) is 30.1. The van der Waals surface area contributed by atoms with Gasteiger partial charge in [-0.15, -0.1) is 11.8 Å². The van der Waals surface area contributed by atoms with Crippen molar-refractivity contribution >= 4 is 76.4 Å². The smallest absolute Gasteiger partial charge is 0.0273 e. The molecule has 53 heavy (non-hydrogen) atoms. The Labute approximate surface area is 314 Å². The molecule has 1 heterocycles. The zero-order valence-corrected chi connectivity index (χ0v) is 30.9. The van der Waals surface area contributed by atoms with Crippen LogP contribution < -0.4 is 0 Å². The fraction of sp³-hybridized carbons (Fsp3) is 0.154. The zero-order valence-electron chi connectivity index (χ0n) is 30.1. The van der Waals surface area contributed by atoms with Gasteiger partial charge in [-0.3, -0.25) is 0 Å². The predicted molar refractivity (Wildman–Crippen MR) is 230 cm³/mol. The molecule has 2 atom stereocenters. The van der Waals surface area contributed by atoms with E-state index in [0.717, 1.165) is 0 Å². The quantitative estimate of drug-likeness (QED) is 0.177. The van der Waals surface area contributed by atoms with Gasteiger partial charge in [0.2, 0.25) is 0 Å². The Morgan fingerprint density at radius 3 is 1.62 bits per heavy atom. The number of hydrogen-bond acceptors (Lipinski definition) is 1. The highest BCUT2D eigenvalue weighted by atomic mass is 32.2. The van der Waals surface area contributed by atoms with Gasteiger partial charge >= 0.3 is 0 Å². The summed E-state index contributed by atoms with van der Waals surface area (Å²) in [5.74, 6) is 0. The summed E-state index contributed by atoms with van der Waals surface area (Å²) < 4.78 is 0.279. The zero-order chi connectivity index (χ0) is 35.1. The van der Waals surface area contributed by atoms with Crippen molar-refractivity contribution in [1.82, 2.24) is 0 Å². The Bertz CT molecular complexity index is 2980. The van der Waals surface area contributed by atoms with Gasteiger partial charge in [0.05, 0.1) is 0 Å². The van der Waals surface area contributed by atoms with Crippen molar-refractivity contribution in [3.8, 4) is 33.4 Å². The maximum absolute atomic E-state index is 2.57. The van der Waals surface area contributed by atoms with E-state index in [9.17, 15) is 0 Å². The van der Waals surface area contributed by atoms with Gasteiger partial charge in [0.15, 0.2) is 0 Å². The molecule has 0 saturated heterocycles. The minimum Gasteiger partial charge on any atom is -0.118 e.